The van der Waals surface area contributed by atoms with E-state index in [9.17, 15) is 5.11 Å². The van der Waals surface area contributed by atoms with Crippen LogP contribution in [0.3, 0.4) is 0 Å². The van der Waals surface area contributed by atoms with Crippen molar-refractivity contribution in [1.29, 1.82) is 0 Å². The van der Waals surface area contributed by atoms with Gasteiger partial charge in [0.05, 0.1) is 19.8 Å². The van der Waals surface area contributed by atoms with E-state index in [1.807, 2.05) is 50.2 Å². The fourth-order valence-electron chi connectivity index (χ4n) is 2.38. The smallest absolute Gasteiger partial charge is 0.191 e. The van der Waals surface area contributed by atoms with Crippen LogP contribution in [0.5, 0.6) is 0 Å². The first kappa shape index (κ1) is 23.5. The first-order valence-electron chi connectivity index (χ1n) is 8.94. The molecule has 0 saturated carbocycles. The number of aliphatic imine (C=N–C) groups is 1. The molecule has 27 heavy (non-hydrogen) atoms. The second kappa shape index (κ2) is 12.0. The molecule has 2 rings (SSSR count). The molecule has 0 aliphatic heterocycles. The highest BCUT2D eigenvalue weighted by atomic mass is 127. The van der Waals surface area contributed by atoms with Gasteiger partial charge in [0, 0.05) is 13.1 Å². The van der Waals surface area contributed by atoms with Gasteiger partial charge >= 0.3 is 0 Å². The van der Waals surface area contributed by atoms with E-state index >= 15 is 0 Å². The van der Waals surface area contributed by atoms with Crippen LogP contribution in [0, 0.1) is 6.92 Å². The van der Waals surface area contributed by atoms with Crippen LogP contribution in [0.25, 0.3) is 0 Å². The average molecular weight is 487 g/mol. The summed E-state index contributed by atoms with van der Waals surface area (Å²) in [6.45, 7) is 8.25. The fourth-order valence-corrected chi connectivity index (χ4v) is 2.38. The summed E-state index contributed by atoms with van der Waals surface area (Å²) in [6.07, 6.45) is 0. The molecule has 2 aromatic rings. The topological polar surface area (TPSA) is 79.0 Å². The third-order valence-corrected chi connectivity index (χ3v) is 3.81. The molecule has 0 radical (unpaired) electrons. The zero-order chi connectivity index (χ0) is 18.8. The number of nitrogens with one attached hydrogen (secondary N) is 2. The van der Waals surface area contributed by atoms with Crippen molar-refractivity contribution in [3.63, 3.8) is 0 Å². The minimum atomic E-state index is -1.15. The lowest BCUT2D eigenvalue weighted by Crippen LogP contribution is -2.40. The molecule has 0 aliphatic carbocycles. The maximum absolute atomic E-state index is 10.6. The summed E-state index contributed by atoms with van der Waals surface area (Å²) in [5.41, 5.74) is -0.00156. The SMILES string of the molecule is CCNC(=NCC(C)(O)c1ccc(C)o1)NCCOCc1ccccc1.I. The van der Waals surface area contributed by atoms with E-state index in [4.69, 9.17) is 9.15 Å². The largest absolute Gasteiger partial charge is 0.463 e. The van der Waals surface area contributed by atoms with Crippen LogP contribution in [-0.2, 0) is 16.9 Å². The number of rotatable bonds is 9. The first-order chi connectivity index (χ1) is 12.5. The lowest BCUT2D eigenvalue weighted by atomic mass is 10.0. The number of aryl methyl sites for hydroxylation is 1. The molecule has 3 N–H and O–H groups in total. The van der Waals surface area contributed by atoms with Gasteiger partial charge in [-0.1, -0.05) is 30.3 Å². The average Bonchev–Trinajstić information content (AvgIpc) is 3.07. The van der Waals surface area contributed by atoms with Gasteiger partial charge in [-0.15, -0.1) is 24.0 Å². The summed E-state index contributed by atoms with van der Waals surface area (Å²) < 4.78 is 11.2. The van der Waals surface area contributed by atoms with Crippen molar-refractivity contribution in [2.75, 3.05) is 26.2 Å². The van der Waals surface area contributed by atoms with Gasteiger partial charge in [-0.05, 0) is 38.5 Å². The van der Waals surface area contributed by atoms with Gasteiger partial charge in [-0.2, -0.15) is 0 Å². The molecule has 150 valence electrons. The van der Waals surface area contributed by atoms with Crippen LogP contribution >= 0.6 is 24.0 Å². The molecule has 7 heteroatoms. The molecule has 0 aliphatic rings. The van der Waals surface area contributed by atoms with Crippen molar-refractivity contribution in [1.82, 2.24) is 10.6 Å². The summed E-state index contributed by atoms with van der Waals surface area (Å²) in [4.78, 5) is 4.46. The Bertz CT molecular complexity index is 687. The minimum Gasteiger partial charge on any atom is -0.463 e. The number of nitrogens with zero attached hydrogens (tertiary/aromatic N) is 1. The summed E-state index contributed by atoms with van der Waals surface area (Å²) >= 11 is 0. The van der Waals surface area contributed by atoms with Crippen molar-refractivity contribution in [3.8, 4) is 0 Å². The number of hydrogen-bond acceptors (Lipinski definition) is 4. The molecule has 1 unspecified atom stereocenters. The van der Waals surface area contributed by atoms with Gasteiger partial charge in [0.2, 0.25) is 0 Å². The van der Waals surface area contributed by atoms with E-state index in [0.29, 0.717) is 31.5 Å². The third kappa shape index (κ3) is 8.32. The number of halogens is 1. The van der Waals surface area contributed by atoms with Crippen LogP contribution in [-0.4, -0.2) is 37.3 Å². The monoisotopic (exact) mass is 487 g/mol. The predicted octanol–water partition coefficient (Wildman–Crippen LogP) is 3.19. The zero-order valence-corrected chi connectivity index (χ0v) is 18.5. The van der Waals surface area contributed by atoms with Gasteiger partial charge in [0.1, 0.15) is 17.1 Å². The third-order valence-electron chi connectivity index (χ3n) is 3.81. The number of aliphatic hydroxyl groups is 1. The van der Waals surface area contributed by atoms with E-state index in [0.717, 1.165) is 17.9 Å². The zero-order valence-electron chi connectivity index (χ0n) is 16.2. The number of benzene rings is 1. The quantitative estimate of drug-likeness (QED) is 0.219. The number of furan rings is 1. The van der Waals surface area contributed by atoms with Crippen LogP contribution in [0.15, 0.2) is 51.9 Å². The molecule has 0 bridgehead atoms. The van der Waals surface area contributed by atoms with Crippen molar-refractivity contribution >= 4 is 29.9 Å². The molecule has 1 heterocycles. The molecule has 1 atom stereocenters. The Kier molecular flexibility index (Phi) is 10.4. The lowest BCUT2D eigenvalue weighted by Gasteiger charge is -2.19. The number of ether oxygens (including phenoxy) is 1. The van der Waals surface area contributed by atoms with Crippen molar-refractivity contribution < 1.29 is 14.3 Å². The predicted molar refractivity (Wildman–Crippen MR) is 119 cm³/mol. The van der Waals surface area contributed by atoms with Gasteiger partial charge in [0.25, 0.3) is 0 Å². The van der Waals surface area contributed by atoms with E-state index in [-0.39, 0.29) is 30.5 Å². The van der Waals surface area contributed by atoms with Gasteiger partial charge in [-0.25, -0.2) is 4.99 Å². The van der Waals surface area contributed by atoms with Crippen LogP contribution in [0.2, 0.25) is 0 Å². The fraction of sp³-hybridized carbons (Fsp3) is 0.450. The second-order valence-electron chi connectivity index (χ2n) is 6.34. The summed E-state index contributed by atoms with van der Waals surface area (Å²) in [7, 11) is 0. The molecule has 1 aromatic heterocycles. The van der Waals surface area contributed by atoms with Crippen LogP contribution in [0.4, 0.5) is 0 Å². The van der Waals surface area contributed by atoms with Gasteiger partial charge in [-0.3, -0.25) is 0 Å². The molecule has 0 spiro atoms. The standard InChI is InChI=1S/C20H29N3O3.HI/c1-4-21-19(22-12-13-25-14-17-8-6-5-7-9-17)23-15-20(3,24)18-11-10-16(2)26-18;/h5-11,24H,4,12-15H2,1-3H3,(H2,21,22,23);1H. The Labute approximate surface area is 178 Å². The Morgan fingerprint density at radius 1 is 1.19 bits per heavy atom. The van der Waals surface area contributed by atoms with E-state index < -0.39 is 5.60 Å². The molecular weight excluding hydrogens is 457 g/mol. The highest BCUT2D eigenvalue weighted by Gasteiger charge is 2.26. The van der Waals surface area contributed by atoms with E-state index in [2.05, 4.69) is 15.6 Å². The molecule has 6 nitrogen and oxygen atoms in total. The second-order valence-corrected chi connectivity index (χ2v) is 6.34. The van der Waals surface area contributed by atoms with Crippen LogP contribution < -0.4 is 10.6 Å². The van der Waals surface area contributed by atoms with E-state index in [1.165, 1.54) is 0 Å². The van der Waals surface area contributed by atoms with Crippen molar-refractivity contribution in [2.45, 2.75) is 33.0 Å². The normalized spacial score (nSPS) is 13.6. The van der Waals surface area contributed by atoms with Crippen molar-refractivity contribution in [2.24, 2.45) is 4.99 Å². The summed E-state index contributed by atoms with van der Waals surface area (Å²) in [5.74, 6) is 1.92. The van der Waals surface area contributed by atoms with Crippen LogP contribution in [0.1, 0.15) is 30.9 Å². The van der Waals surface area contributed by atoms with E-state index in [1.54, 1.807) is 13.0 Å². The maximum atomic E-state index is 10.6. The molecule has 1 aromatic carbocycles. The summed E-state index contributed by atoms with van der Waals surface area (Å²) in [6, 6.07) is 13.7. The Morgan fingerprint density at radius 2 is 1.93 bits per heavy atom. The Balaban J connectivity index is 0.00000364. The highest BCUT2D eigenvalue weighted by molar-refractivity contribution is 14.0. The Hall–Kier alpha value is -1.58. The minimum absolute atomic E-state index is 0. The van der Waals surface area contributed by atoms with Crippen molar-refractivity contribution in [3.05, 3.63) is 59.5 Å². The molecule has 0 saturated heterocycles. The molecule has 0 fully saturated rings. The highest BCUT2D eigenvalue weighted by Crippen LogP contribution is 2.22. The Morgan fingerprint density at radius 3 is 2.56 bits per heavy atom. The number of guanidine groups is 1. The van der Waals surface area contributed by atoms with Gasteiger partial charge < -0.3 is 24.9 Å². The lowest BCUT2D eigenvalue weighted by molar-refractivity contribution is 0.0428. The summed E-state index contributed by atoms with van der Waals surface area (Å²) in [5, 5.41) is 16.9. The first-order valence-corrected chi connectivity index (χ1v) is 8.94. The molecule has 0 amide bonds. The number of hydrogen-bond donors (Lipinski definition) is 3. The maximum Gasteiger partial charge on any atom is 0.191 e. The molecular formula is C20H30IN3O3. The van der Waals surface area contributed by atoms with Gasteiger partial charge in [0.15, 0.2) is 5.96 Å².